The molecule has 16 heavy (non-hydrogen) atoms. The van der Waals surface area contributed by atoms with E-state index in [2.05, 4.69) is 18.0 Å². The predicted octanol–water partition coefficient (Wildman–Crippen LogP) is 3.62. The Morgan fingerprint density at radius 1 is 1.19 bits per heavy atom. The quantitative estimate of drug-likeness (QED) is 0.709. The van der Waals surface area contributed by atoms with Gasteiger partial charge in [0.1, 0.15) is 5.75 Å². The molecule has 0 bridgehead atoms. The predicted molar refractivity (Wildman–Crippen MR) is 66.4 cm³/mol. The molecule has 0 fully saturated rings. The van der Waals surface area contributed by atoms with E-state index < -0.39 is 0 Å². The van der Waals surface area contributed by atoms with Crippen LogP contribution in [0.4, 0.5) is 0 Å². The number of fused-ring (bicyclic) bond motifs is 1. The number of nitrogens with zero attached hydrogens (tertiary/aromatic N) is 1. The van der Waals surface area contributed by atoms with Crippen LogP contribution in [0.5, 0.6) is 5.75 Å². The Bertz CT molecular complexity index is 453. The van der Waals surface area contributed by atoms with Gasteiger partial charge in [0.15, 0.2) is 0 Å². The Kier molecular flexibility index (Phi) is 3.76. The van der Waals surface area contributed by atoms with Gasteiger partial charge < -0.3 is 4.74 Å². The zero-order valence-corrected chi connectivity index (χ0v) is 9.36. The standard InChI is InChI=1S/C14H16NO/c1-2-3-4-10-16-13-8-7-12-6-5-9-15-14(12)11-13/h5-9,11H,1-4,10H2. The first-order valence-electron chi connectivity index (χ1n) is 5.67. The molecule has 0 unspecified atom stereocenters. The lowest BCUT2D eigenvalue weighted by molar-refractivity contribution is 0.307. The van der Waals surface area contributed by atoms with E-state index in [0.29, 0.717) is 0 Å². The lowest BCUT2D eigenvalue weighted by Crippen LogP contribution is -1.96. The lowest BCUT2D eigenvalue weighted by Gasteiger charge is -2.06. The summed E-state index contributed by atoms with van der Waals surface area (Å²) >= 11 is 0. The average molecular weight is 214 g/mol. The Labute approximate surface area is 96.3 Å². The van der Waals surface area contributed by atoms with E-state index in [1.165, 1.54) is 0 Å². The highest BCUT2D eigenvalue weighted by Gasteiger charge is 1.97. The minimum Gasteiger partial charge on any atom is -0.494 e. The highest BCUT2D eigenvalue weighted by Crippen LogP contribution is 2.18. The first-order valence-corrected chi connectivity index (χ1v) is 5.67. The van der Waals surface area contributed by atoms with Gasteiger partial charge in [0.2, 0.25) is 0 Å². The number of pyridine rings is 1. The summed E-state index contributed by atoms with van der Waals surface area (Å²) in [5, 5.41) is 1.15. The first kappa shape index (κ1) is 10.9. The molecule has 2 heteroatoms. The Hall–Kier alpha value is -1.57. The normalized spacial score (nSPS) is 10.6. The second kappa shape index (κ2) is 5.50. The molecule has 2 rings (SSSR count). The fraction of sp³-hybridized carbons (Fsp3) is 0.286. The molecule has 0 aliphatic heterocycles. The van der Waals surface area contributed by atoms with Crippen molar-refractivity contribution in [3.8, 4) is 5.75 Å². The molecule has 0 N–H and O–H groups in total. The van der Waals surface area contributed by atoms with Gasteiger partial charge in [0.05, 0.1) is 12.1 Å². The van der Waals surface area contributed by atoms with Gasteiger partial charge in [0.25, 0.3) is 0 Å². The fourth-order valence-corrected chi connectivity index (χ4v) is 1.60. The SMILES string of the molecule is [CH2]CCCCOc1ccc2cccnc2c1. The molecule has 0 saturated carbocycles. The van der Waals surface area contributed by atoms with Crippen molar-refractivity contribution in [2.75, 3.05) is 6.61 Å². The van der Waals surface area contributed by atoms with Crippen molar-refractivity contribution >= 4 is 10.9 Å². The Balaban J connectivity index is 2.02. The summed E-state index contributed by atoms with van der Waals surface area (Å²) in [6.45, 7) is 4.56. The van der Waals surface area contributed by atoms with Crippen molar-refractivity contribution in [3.05, 3.63) is 43.5 Å². The third-order valence-corrected chi connectivity index (χ3v) is 2.49. The molecule has 0 aliphatic rings. The summed E-state index contributed by atoms with van der Waals surface area (Å²) in [6, 6.07) is 10.0. The van der Waals surface area contributed by atoms with Gasteiger partial charge in [-0.05, 0) is 24.6 Å². The van der Waals surface area contributed by atoms with Crippen molar-refractivity contribution in [2.24, 2.45) is 0 Å². The highest BCUT2D eigenvalue weighted by molar-refractivity contribution is 5.79. The minimum atomic E-state index is 0.758. The van der Waals surface area contributed by atoms with Crippen LogP contribution in [-0.4, -0.2) is 11.6 Å². The van der Waals surface area contributed by atoms with Crippen LogP contribution < -0.4 is 4.74 Å². The number of benzene rings is 1. The van der Waals surface area contributed by atoms with Crippen LogP contribution >= 0.6 is 0 Å². The van der Waals surface area contributed by atoms with E-state index in [9.17, 15) is 0 Å². The molecule has 0 amide bonds. The number of ether oxygens (including phenoxy) is 1. The van der Waals surface area contributed by atoms with Crippen molar-refractivity contribution in [3.63, 3.8) is 0 Å². The molecule has 1 aromatic heterocycles. The molecule has 0 aliphatic carbocycles. The van der Waals surface area contributed by atoms with E-state index in [1.54, 1.807) is 6.20 Å². The van der Waals surface area contributed by atoms with Crippen LogP contribution in [-0.2, 0) is 0 Å². The molecular formula is C14H16NO. The molecule has 1 aromatic carbocycles. The summed E-state index contributed by atoms with van der Waals surface area (Å²) in [4.78, 5) is 4.30. The average Bonchev–Trinajstić information content (AvgIpc) is 2.34. The first-order chi connectivity index (χ1) is 7.90. The summed E-state index contributed by atoms with van der Waals surface area (Å²) < 4.78 is 5.65. The van der Waals surface area contributed by atoms with E-state index >= 15 is 0 Å². The molecule has 2 nitrogen and oxygen atoms in total. The van der Waals surface area contributed by atoms with Gasteiger partial charge in [-0.2, -0.15) is 0 Å². The highest BCUT2D eigenvalue weighted by atomic mass is 16.5. The topological polar surface area (TPSA) is 22.1 Å². The van der Waals surface area contributed by atoms with Crippen LogP contribution in [0.2, 0.25) is 0 Å². The van der Waals surface area contributed by atoms with Crippen molar-refractivity contribution in [1.29, 1.82) is 0 Å². The van der Waals surface area contributed by atoms with Crippen LogP contribution in [0.25, 0.3) is 10.9 Å². The number of aromatic nitrogens is 1. The fourth-order valence-electron chi connectivity index (χ4n) is 1.60. The van der Waals surface area contributed by atoms with Gasteiger partial charge >= 0.3 is 0 Å². The van der Waals surface area contributed by atoms with E-state index in [4.69, 9.17) is 4.74 Å². The van der Waals surface area contributed by atoms with Gasteiger partial charge in [-0.3, -0.25) is 4.98 Å². The molecule has 0 spiro atoms. The number of hydrogen-bond donors (Lipinski definition) is 0. The summed E-state index contributed by atoms with van der Waals surface area (Å²) in [7, 11) is 0. The Morgan fingerprint density at radius 3 is 3.00 bits per heavy atom. The molecule has 0 saturated heterocycles. The zero-order chi connectivity index (χ0) is 11.2. The molecule has 83 valence electrons. The second-order valence-corrected chi connectivity index (χ2v) is 3.77. The number of unbranched alkanes of at least 4 members (excludes halogenated alkanes) is 2. The van der Waals surface area contributed by atoms with Crippen molar-refractivity contribution in [2.45, 2.75) is 19.3 Å². The Morgan fingerprint density at radius 2 is 2.12 bits per heavy atom. The third-order valence-electron chi connectivity index (χ3n) is 2.49. The lowest BCUT2D eigenvalue weighted by atomic mass is 10.2. The van der Waals surface area contributed by atoms with Crippen LogP contribution in [0, 0.1) is 6.92 Å². The number of rotatable bonds is 5. The molecule has 2 aromatic rings. The summed E-state index contributed by atoms with van der Waals surface area (Å²) in [5.41, 5.74) is 0.983. The van der Waals surface area contributed by atoms with Crippen LogP contribution in [0.15, 0.2) is 36.5 Å². The largest absolute Gasteiger partial charge is 0.494 e. The van der Waals surface area contributed by atoms with Gasteiger partial charge in [-0.25, -0.2) is 0 Å². The maximum atomic E-state index is 5.65. The zero-order valence-electron chi connectivity index (χ0n) is 9.36. The van der Waals surface area contributed by atoms with E-state index in [-0.39, 0.29) is 0 Å². The van der Waals surface area contributed by atoms with Crippen LogP contribution in [0.1, 0.15) is 19.3 Å². The summed E-state index contributed by atoms with van der Waals surface area (Å²) in [5.74, 6) is 0.898. The maximum absolute atomic E-state index is 5.65. The smallest absolute Gasteiger partial charge is 0.121 e. The molecule has 1 radical (unpaired) electrons. The molecule has 1 heterocycles. The summed E-state index contributed by atoms with van der Waals surface area (Å²) in [6.07, 6.45) is 4.95. The van der Waals surface area contributed by atoms with Gasteiger partial charge in [0, 0.05) is 17.6 Å². The van der Waals surface area contributed by atoms with Gasteiger partial charge in [-0.15, -0.1) is 0 Å². The third kappa shape index (κ3) is 2.72. The number of hydrogen-bond acceptors (Lipinski definition) is 2. The van der Waals surface area contributed by atoms with E-state index in [1.807, 2.05) is 24.3 Å². The van der Waals surface area contributed by atoms with Crippen molar-refractivity contribution < 1.29 is 4.74 Å². The molecular weight excluding hydrogens is 198 g/mol. The van der Waals surface area contributed by atoms with E-state index in [0.717, 1.165) is 42.5 Å². The molecule has 0 atom stereocenters. The second-order valence-electron chi connectivity index (χ2n) is 3.77. The van der Waals surface area contributed by atoms with Crippen LogP contribution in [0.3, 0.4) is 0 Å². The maximum Gasteiger partial charge on any atom is 0.121 e. The minimum absolute atomic E-state index is 0.758. The van der Waals surface area contributed by atoms with Crippen molar-refractivity contribution in [1.82, 2.24) is 4.98 Å². The monoisotopic (exact) mass is 214 g/mol. The van der Waals surface area contributed by atoms with Gasteiger partial charge in [-0.1, -0.05) is 25.8 Å².